The average molecular weight is 332 g/mol. The van der Waals surface area contributed by atoms with Crippen LogP contribution in [0.1, 0.15) is 16.8 Å². The van der Waals surface area contributed by atoms with E-state index >= 15 is 0 Å². The zero-order valence-electron chi connectivity index (χ0n) is 11.4. The van der Waals surface area contributed by atoms with E-state index in [1.54, 1.807) is 6.08 Å². The van der Waals surface area contributed by atoms with Crippen LogP contribution in [0.2, 0.25) is 0 Å². The number of hydrogen-bond acceptors (Lipinski definition) is 1. The van der Waals surface area contributed by atoms with Gasteiger partial charge < -0.3 is 0 Å². The summed E-state index contributed by atoms with van der Waals surface area (Å²) in [5.74, 6) is 0.544. The molecular weight excluding hydrogens is 316 g/mol. The van der Waals surface area contributed by atoms with Crippen LogP contribution < -0.4 is 10.3 Å². The fourth-order valence-corrected chi connectivity index (χ4v) is 2.15. The Labute approximate surface area is 126 Å². The lowest BCUT2D eigenvalue weighted by Crippen LogP contribution is -2.19. The molecule has 0 aliphatic carbocycles. The van der Waals surface area contributed by atoms with E-state index in [0.29, 0.717) is 5.82 Å². The third kappa shape index (κ3) is 4.31. The maximum atomic E-state index is 11.8. The number of H-pyrrole nitrogens is 1. The van der Waals surface area contributed by atoms with Gasteiger partial charge in [-0.05, 0) is 49.2 Å². The lowest BCUT2D eigenvalue weighted by atomic mass is 10.2. The van der Waals surface area contributed by atoms with Crippen LogP contribution in [0, 0.1) is 13.8 Å². The molecule has 3 nitrogen and oxygen atoms in total. The summed E-state index contributed by atoms with van der Waals surface area (Å²) in [6.45, 7) is 3.95. The lowest BCUT2D eigenvalue weighted by molar-refractivity contribution is -0.370. The summed E-state index contributed by atoms with van der Waals surface area (Å²) in [5, 5.41) is 2.81. The number of aryl methyl sites for hydroxylation is 2. The molecule has 0 saturated carbocycles. The van der Waals surface area contributed by atoms with Crippen LogP contribution >= 0.6 is 15.9 Å². The molecule has 0 atom stereocenters. The number of carbonyl (C=O) groups is 1. The maximum absolute atomic E-state index is 11.8. The van der Waals surface area contributed by atoms with E-state index in [1.807, 2.05) is 50.2 Å². The predicted octanol–water partition coefficient (Wildman–Crippen LogP) is 3.53. The minimum Gasteiger partial charge on any atom is -0.245 e. The molecule has 1 heterocycles. The van der Waals surface area contributed by atoms with E-state index in [4.69, 9.17) is 0 Å². The Balaban J connectivity index is 2.03. The molecule has 1 aromatic carbocycles. The number of hydrogen-bond donors (Lipinski definition) is 1. The first-order valence-corrected chi connectivity index (χ1v) is 7.07. The number of benzene rings is 1. The fourth-order valence-electron chi connectivity index (χ4n) is 1.88. The van der Waals surface area contributed by atoms with E-state index in [2.05, 4.69) is 26.2 Å². The topological polar surface area (TPSA) is 43.2 Å². The molecule has 1 aromatic heterocycles. The van der Waals surface area contributed by atoms with Crippen molar-refractivity contribution < 1.29 is 9.78 Å². The Morgan fingerprint density at radius 3 is 2.55 bits per heavy atom. The van der Waals surface area contributed by atoms with Gasteiger partial charge in [0.1, 0.15) is 0 Å². The highest BCUT2D eigenvalue weighted by atomic mass is 79.9. The Kier molecular flexibility index (Phi) is 4.69. The first-order chi connectivity index (χ1) is 9.52. The van der Waals surface area contributed by atoms with Crippen molar-refractivity contribution in [1.82, 2.24) is 0 Å². The Bertz CT molecular complexity index is 628. The minimum atomic E-state index is -0.158. The summed E-state index contributed by atoms with van der Waals surface area (Å²) in [6, 6.07) is 11.7. The van der Waals surface area contributed by atoms with Crippen LogP contribution in [-0.2, 0) is 4.79 Å². The zero-order chi connectivity index (χ0) is 14.5. The van der Waals surface area contributed by atoms with Crippen LogP contribution in [-0.4, -0.2) is 5.91 Å². The minimum absolute atomic E-state index is 0.158. The number of aromatic amines is 1. The van der Waals surface area contributed by atoms with Crippen molar-refractivity contribution in [3.05, 3.63) is 63.8 Å². The van der Waals surface area contributed by atoms with E-state index in [0.717, 1.165) is 21.3 Å². The van der Waals surface area contributed by atoms with Gasteiger partial charge in [0.2, 0.25) is 0 Å². The highest BCUT2D eigenvalue weighted by Crippen LogP contribution is 2.11. The van der Waals surface area contributed by atoms with E-state index in [9.17, 15) is 4.79 Å². The van der Waals surface area contributed by atoms with E-state index in [1.165, 1.54) is 6.08 Å². The molecule has 2 N–H and O–H groups in total. The molecule has 2 aromatic rings. The summed E-state index contributed by atoms with van der Waals surface area (Å²) >= 11 is 3.38. The maximum Gasteiger partial charge on any atom is 0.331 e. The van der Waals surface area contributed by atoms with Gasteiger partial charge in [-0.2, -0.15) is 0 Å². The number of rotatable bonds is 3. The Morgan fingerprint density at radius 1 is 1.20 bits per heavy atom. The molecule has 4 heteroatoms. The number of anilines is 1. The Morgan fingerprint density at radius 2 is 1.90 bits per heavy atom. The first kappa shape index (κ1) is 14.5. The highest BCUT2D eigenvalue weighted by Gasteiger charge is 2.07. The van der Waals surface area contributed by atoms with Crippen LogP contribution in [0.15, 0.2) is 46.9 Å². The lowest BCUT2D eigenvalue weighted by Gasteiger charge is -1.98. The predicted molar refractivity (Wildman–Crippen MR) is 84.3 cm³/mol. The van der Waals surface area contributed by atoms with Crippen molar-refractivity contribution in [2.75, 3.05) is 5.32 Å². The third-order valence-corrected chi connectivity index (χ3v) is 3.23. The summed E-state index contributed by atoms with van der Waals surface area (Å²) in [4.78, 5) is 15.0. The van der Waals surface area contributed by atoms with Gasteiger partial charge in [0.15, 0.2) is 0 Å². The summed E-state index contributed by atoms with van der Waals surface area (Å²) in [6.07, 6.45) is 3.30. The molecule has 0 spiro atoms. The summed E-state index contributed by atoms with van der Waals surface area (Å²) < 4.78 is 1.02. The number of nitrogens with one attached hydrogen (secondary N) is 2. The van der Waals surface area contributed by atoms with Crippen molar-refractivity contribution >= 4 is 33.7 Å². The van der Waals surface area contributed by atoms with Gasteiger partial charge >= 0.3 is 5.91 Å². The van der Waals surface area contributed by atoms with Gasteiger partial charge in [-0.3, -0.25) is 0 Å². The zero-order valence-corrected chi connectivity index (χ0v) is 13.0. The molecule has 0 aliphatic heterocycles. The van der Waals surface area contributed by atoms with E-state index in [-0.39, 0.29) is 5.91 Å². The Hall–Kier alpha value is -1.94. The van der Waals surface area contributed by atoms with Gasteiger partial charge in [0.25, 0.3) is 5.82 Å². The number of amides is 1. The van der Waals surface area contributed by atoms with Crippen LogP contribution in [0.4, 0.5) is 5.82 Å². The molecule has 0 radical (unpaired) electrons. The molecule has 0 unspecified atom stereocenters. The average Bonchev–Trinajstić information content (AvgIpc) is 2.37. The smallest absolute Gasteiger partial charge is 0.245 e. The normalized spacial score (nSPS) is 10.8. The SMILES string of the molecule is Cc1cc(C)[nH+]c(NC(=O)C=Cc2ccc(Br)cc2)c1. The van der Waals surface area contributed by atoms with Crippen molar-refractivity contribution in [3.63, 3.8) is 0 Å². The number of halogens is 1. The third-order valence-electron chi connectivity index (χ3n) is 2.70. The fraction of sp³-hybridized carbons (Fsp3) is 0.125. The van der Waals surface area contributed by atoms with Crippen molar-refractivity contribution in [2.24, 2.45) is 0 Å². The quantitative estimate of drug-likeness (QED) is 0.859. The van der Waals surface area contributed by atoms with Gasteiger partial charge in [0, 0.05) is 16.6 Å². The molecule has 0 saturated heterocycles. The van der Waals surface area contributed by atoms with Crippen LogP contribution in [0.25, 0.3) is 6.08 Å². The molecule has 2 rings (SSSR count). The monoisotopic (exact) mass is 331 g/mol. The largest absolute Gasteiger partial charge is 0.331 e. The second-order valence-corrected chi connectivity index (χ2v) is 5.54. The standard InChI is InChI=1S/C16H15BrN2O/c1-11-9-12(2)18-15(10-11)19-16(20)8-5-13-3-6-14(17)7-4-13/h3-10H,1-2H3,(H,18,19,20)/p+1. The number of aromatic nitrogens is 1. The van der Waals surface area contributed by atoms with Gasteiger partial charge in [-0.25, -0.2) is 15.1 Å². The van der Waals surface area contributed by atoms with Crippen molar-refractivity contribution in [3.8, 4) is 0 Å². The summed E-state index contributed by atoms with van der Waals surface area (Å²) in [5.41, 5.74) is 3.10. The van der Waals surface area contributed by atoms with Crippen molar-refractivity contribution in [2.45, 2.75) is 13.8 Å². The summed E-state index contributed by atoms with van der Waals surface area (Å²) in [7, 11) is 0. The second kappa shape index (κ2) is 6.48. The van der Waals surface area contributed by atoms with Gasteiger partial charge in [-0.1, -0.05) is 28.1 Å². The molecule has 102 valence electrons. The van der Waals surface area contributed by atoms with E-state index < -0.39 is 0 Å². The van der Waals surface area contributed by atoms with Gasteiger partial charge in [-0.15, -0.1) is 0 Å². The second-order valence-electron chi connectivity index (χ2n) is 4.63. The van der Waals surface area contributed by atoms with Crippen LogP contribution in [0.3, 0.4) is 0 Å². The number of pyridine rings is 1. The molecule has 0 bridgehead atoms. The molecule has 20 heavy (non-hydrogen) atoms. The molecular formula is C16H16BrN2O+. The van der Waals surface area contributed by atoms with Crippen LogP contribution in [0.5, 0.6) is 0 Å². The first-order valence-electron chi connectivity index (χ1n) is 6.28. The molecule has 0 aliphatic rings. The molecule has 0 fully saturated rings. The number of carbonyl (C=O) groups excluding carboxylic acids is 1. The highest BCUT2D eigenvalue weighted by molar-refractivity contribution is 9.10. The molecule has 1 amide bonds. The van der Waals surface area contributed by atoms with Gasteiger partial charge in [0.05, 0.1) is 5.69 Å². The van der Waals surface area contributed by atoms with Crippen molar-refractivity contribution in [1.29, 1.82) is 0 Å².